The van der Waals surface area contributed by atoms with Crippen LogP contribution in [0.4, 0.5) is 0 Å². The van der Waals surface area contributed by atoms with Gasteiger partial charge in [-0.1, -0.05) is 62.4 Å². The van der Waals surface area contributed by atoms with E-state index in [0.29, 0.717) is 6.04 Å². The molecule has 2 aromatic carbocycles. The van der Waals surface area contributed by atoms with Gasteiger partial charge < -0.3 is 5.32 Å². The van der Waals surface area contributed by atoms with Crippen LogP contribution < -0.4 is 5.32 Å². The standard InChI is InChI=1S/C16H18N/c1-13(2)17-12-15-10-6-7-11-16(15)14-8-4-3-5-9-14/h3-9,11,13,17H,12H2,1-2H3. The molecule has 2 aromatic rings. The van der Waals surface area contributed by atoms with Gasteiger partial charge in [-0.05, 0) is 22.8 Å². The first-order valence-electron chi connectivity index (χ1n) is 6.06. The van der Waals surface area contributed by atoms with E-state index in [9.17, 15) is 0 Å². The zero-order valence-electron chi connectivity index (χ0n) is 10.4. The normalized spacial score (nSPS) is 10.8. The molecule has 1 nitrogen and oxygen atoms in total. The zero-order valence-corrected chi connectivity index (χ0v) is 10.4. The van der Waals surface area contributed by atoms with Crippen LogP contribution in [0.2, 0.25) is 0 Å². The fourth-order valence-electron chi connectivity index (χ4n) is 1.81. The molecule has 0 atom stereocenters. The lowest BCUT2D eigenvalue weighted by Crippen LogP contribution is -2.22. The molecule has 0 aliphatic carbocycles. The molecule has 17 heavy (non-hydrogen) atoms. The summed E-state index contributed by atoms with van der Waals surface area (Å²) in [6.45, 7) is 5.18. The summed E-state index contributed by atoms with van der Waals surface area (Å²) in [5, 5.41) is 3.44. The third-order valence-electron chi connectivity index (χ3n) is 2.71. The van der Waals surface area contributed by atoms with Crippen LogP contribution in [0.3, 0.4) is 0 Å². The quantitative estimate of drug-likeness (QED) is 0.836. The van der Waals surface area contributed by atoms with Crippen LogP contribution in [0, 0.1) is 6.07 Å². The van der Waals surface area contributed by atoms with Gasteiger partial charge >= 0.3 is 0 Å². The maximum Gasteiger partial charge on any atom is 0.0220 e. The van der Waals surface area contributed by atoms with E-state index in [-0.39, 0.29) is 0 Å². The topological polar surface area (TPSA) is 12.0 Å². The van der Waals surface area contributed by atoms with Gasteiger partial charge in [-0.15, -0.1) is 0 Å². The molecule has 1 radical (unpaired) electrons. The predicted octanol–water partition coefficient (Wildman–Crippen LogP) is 3.65. The molecule has 2 rings (SSSR count). The molecule has 0 fully saturated rings. The monoisotopic (exact) mass is 224 g/mol. The lowest BCUT2D eigenvalue weighted by atomic mass is 9.99. The Bertz CT molecular complexity index is 460. The van der Waals surface area contributed by atoms with Crippen LogP contribution in [0.25, 0.3) is 11.1 Å². The van der Waals surface area contributed by atoms with E-state index in [2.05, 4.69) is 55.6 Å². The van der Waals surface area contributed by atoms with Crippen molar-refractivity contribution in [3.8, 4) is 11.1 Å². The van der Waals surface area contributed by atoms with Gasteiger partial charge in [0.1, 0.15) is 0 Å². The van der Waals surface area contributed by atoms with Crippen LogP contribution in [0.15, 0.2) is 48.5 Å². The molecule has 1 heteroatoms. The van der Waals surface area contributed by atoms with Gasteiger partial charge in [-0.25, -0.2) is 0 Å². The molecule has 0 aromatic heterocycles. The van der Waals surface area contributed by atoms with E-state index < -0.39 is 0 Å². The SMILES string of the molecule is CC(C)NCc1[c]cccc1-c1ccccc1. The van der Waals surface area contributed by atoms with Gasteiger partial charge in [0.2, 0.25) is 0 Å². The summed E-state index contributed by atoms with van der Waals surface area (Å²) in [5.74, 6) is 0. The van der Waals surface area contributed by atoms with E-state index >= 15 is 0 Å². The molecule has 0 aliphatic rings. The van der Waals surface area contributed by atoms with E-state index in [1.54, 1.807) is 0 Å². The summed E-state index contributed by atoms with van der Waals surface area (Å²) in [6.07, 6.45) is 0. The minimum absolute atomic E-state index is 0.493. The largest absolute Gasteiger partial charge is 0.310 e. The molecular weight excluding hydrogens is 206 g/mol. The molecule has 0 amide bonds. The van der Waals surface area contributed by atoms with Crippen LogP contribution in [-0.2, 0) is 6.54 Å². The average molecular weight is 224 g/mol. The van der Waals surface area contributed by atoms with E-state index in [0.717, 1.165) is 6.54 Å². The van der Waals surface area contributed by atoms with Crippen molar-refractivity contribution in [2.45, 2.75) is 26.4 Å². The summed E-state index contributed by atoms with van der Waals surface area (Å²) in [7, 11) is 0. The smallest absolute Gasteiger partial charge is 0.0220 e. The maximum absolute atomic E-state index is 3.44. The summed E-state index contributed by atoms with van der Waals surface area (Å²) >= 11 is 0. The highest BCUT2D eigenvalue weighted by molar-refractivity contribution is 5.66. The minimum atomic E-state index is 0.493. The van der Waals surface area contributed by atoms with Crippen molar-refractivity contribution in [2.24, 2.45) is 0 Å². The molecule has 0 saturated carbocycles. The van der Waals surface area contributed by atoms with E-state index in [4.69, 9.17) is 0 Å². The van der Waals surface area contributed by atoms with Crippen molar-refractivity contribution in [1.82, 2.24) is 5.32 Å². The van der Waals surface area contributed by atoms with Gasteiger partial charge in [-0.3, -0.25) is 0 Å². The van der Waals surface area contributed by atoms with Crippen molar-refractivity contribution < 1.29 is 0 Å². The first-order chi connectivity index (χ1) is 8.27. The second-order valence-electron chi connectivity index (χ2n) is 4.46. The highest BCUT2D eigenvalue weighted by Gasteiger charge is 2.04. The Morgan fingerprint density at radius 2 is 1.82 bits per heavy atom. The second kappa shape index (κ2) is 5.65. The van der Waals surface area contributed by atoms with Gasteiger partial charge in [0, 0.05) is 12.6 Å². The molecule has 0 aliphatic heterocycles. The van der Waals surface area contributed by atoms with Crippen molar-refractivity contribution in [1.29, 1.82) is 0 Å². The highest BCUT2D eigenvalue weighted by Crippen LogP contribution is 2.22. The number of benzene rings is 2. The lowest BCUT2D eigenvalue weighted by molar-refractivity contribution is 0.589. The lowest BCUT2D eigenvalue weighted by Gasteiger charge is -2.12. The Morgan fingerprint density at radius 3 is 2.53 bits per heavy atom. The van der Waals surface area contributed by atoms with Crippen molar-refractivity contribution >= 4 is 0 Å². The van der Waals surface area contributed by atoms with E-state index in [1.165, 1.54) is 16.7 Å². The molecule has 0 spiro atoms. The Hall–Kier alpha value is -1.60. The Morgan fingerprint density at radius 1 is 1.06 bits per heavy atom. The molecule has 0 unspecified atom stereocenters. The summed E-state index contributed by atoms with van der Waals surface area (Å²) in [6, 6.07) is 20.5. The third-order valence-corrected chi connectivity index (χ3v) is 2.71. The summed E-state index contributed by atoms with van der Waals surface area (Å²) in [5.41, 5.74) is 3.75. The molecule has 87 valence electrons. The summed E-state index contributed by atoms with van der Waals surface area (Å²) < 4.78 is 0. The molecule has 1 N–H and O–H groups in total. The van der Waals surface area contributed by atoms with Gasteiger partial charge in [-0.2, -0.15) is 0 Å². The van der Waals surface area contributed by atoms with Crippen molar-refractivity contribution in [3.05, 3.63) is 60.2 Å². The highest BCUT2D eigenvalue weighted by atomic mass is 14.9. The predicted molar refractivity (Wildman–Crippen MR) is 72.7 cm³/mol. The minimum Gasteiger partial charge on any atom is -0.310 e. The molecule has 0 saturated heterocycles. The maximum atomic E-state index is 3.44. The van der Waals surface area contributed by atoms with Crippen LogP contribution in [0.5, 0.6) is 0 Å². The van der Waals surface area contributed by atoms with Crippen molar-refractivity contribution in [3.63, 3.8) is 0 Å². The Labute approximate surface area is 103 Å². The van der Waals surface area contributed by atoms with Crippen molar-refractivity contribution in [2.75, 3.05) is 0 Å². The van der Waals surface area contributed by atoms with E-state index in [1.807, 2.05) is 18.2 Å². The van der Waals surface area contributed by atoms with Gasteiger partial charge in [0.15, 0.2) is 0 Å². The average Bonchev–Trinajstić information content (AvgIpc) is 2.38. The first-order valence-corrected chi connectivity index (χ1v) is 6.06. The molecule has 0 heterocycles. The van der Waals surface area contributed by atoms with Crippen LogP contribution in [-0.4, -0.2) is 6.04 Å². The van der Waals surface area contributed by atoms with Crippen LogP contribution >= 0.6 is 0 Å². The second-order valence-corrected chi connectivity index (χ2v) is 4.46. The number of rotatable bonds is 4. The fourth-order valence-corrected chi connectivity index (χ4v) is 1.81. The molecular formula is C16H18N. The number of nitrogens with one attached hydrogen (secondary N) is 1. The van der Waals surface area contributed by atoms with Gasteiger partial charge in [0.05, 0.1) is 0 Å². The Balaban J connectivity index is 2.28. The first kappa shape index (κ1) is 11.9. The zero-order chi connectivity index (χ0) is 12.1. The summed E-state index contributed by atoms with van der Waals surface area (Å²) in [4.78, 5) is 0. The third kappa shape index (κ3) is 3.18. The van der Waals surface area contributed by atoms with Crippen LogP contribution in [0.1, 0.15) is 19.4 Å². The van der Waals surface area contributed by atoms with Gasteiger partial charge in [0.25, 0.3) is 0 Å². The molecule has 0 bridgehead atoms. The Kier molecular flexibility index (Phi) is 3.94. The number of hydrogen-bond donors (Lipinski definition) is 1. The number of hydrogen-bond acceptors (Lipinski definition) is 1. The fraction of sp³-hybridized carbons (Fsp3) is 0.250.